The van der Waals surface area contributed by atoms with E-state index in [0.29, 0.717) is 17.4 Å². The highest BCUT2D eigenvalue weighted by Gasteiger charge is 2.32. The van der Waals surface area contributed by atoms with Gasteiger partial charge in [-0.25, -0.2) is 9.18 Å². The maximum absolute atomic E-state index is 14.2. The molecule has 1 heterocycles. The number of alkyl halides is 3. The van der Waals surface area contributed by atoms with Crippen LogP contribution in [0.1, 0.15) is 27.0 Å². The molecule has 0 aromatic heterocycles. The largest absolute Gasteiger partial charge is 0.489 e. The number of methoxy groups -OCH3 is 1. The number of hydrogen-bond acceptors (Lipinski definition) is 3. The highest BCUT2D eigenvalue weighted by Crippen LogP contribution is 2.38. The second kappa shape index (κ2) is 6.23. The van der Waals surface area contributed by atoms with Crippen molar-refractivity contribution in [2.45, 2.75) is 6.18 Å². The molecule has 7 heteroatoms. The molecule has 0 saturated carbocycles. The molecule has 0 fully saturated rings. The third-order valence-corrected chi connectivity index (χ3v) is 3.80. The van der Waals surface area contributed by atoms with Crippen molar-refractivity contribution in [2.24, 2.45) is 0 Å². The summed E-state index contributed by atoms with van der Waals surface area (Å²) >= 11 is 0. The number of rotatable bonds is 2. The summed E-state index contributed by atoms with van der Waals surface area (Å²) in [6, 6.07) is 6.59. The smallest absolute Gasteiger partial charge is 0.416 e. The first-order valence-corrected chi connectivity index (χ1v) is 7.24. The fourth-order valence-corrected chi connectivity index (χ4v) is 2.60. The Morgan fingerprint density at radius 1 is 1.12 bits per heavy atom. The van der Waals surface area contributed by atoms with Gasteiger partial charge >= 0.3 is 12.1 Å². The average Bonchev–Trinajstić information content (AvgIpc) is 2.59. The van der Waals surface area contributed by atoms with E-state index in [1.54, 1.807) is 0 Å². The van der Waals surface area contributed by atoms with Crippen LogP contribution in [-0.4, -0.2) is 19.7 Å². The molecule has 3 rings (SSSR count). The molecule has 130 valence electrons. The Morgan fingerprint density at radius 2 is 1.88 bits per heavy atom. The van der Waals surface area contributed by atoms with E-state index in [0.717, 1.165) is 12.1 Å². The van der Waals surface area contributed by atoms with Gasteiger partial charge in [-0.05, 0) is 48.0 Å². The van der Waals surface area contributed by atoms with Gasteiger partial charge in [0.2, 0.25) is 0 Å². The second-order valence-corrected chi connectivity index (χ2v) is 5.32. The van der Waals surface area contributed by atoms with Crippen molar-refractivity contribution >= 4 is 11.5 Å². The number of esters is 1. The quantitative estimate of drug-likeness (QED) is 0.592. The highest BCUT2D eigenvalue weighted by atomic mass is 19.4. The van der Waals surface area contributed by atoms with Crippen LogP contribution in [0.3, 0.4) is 0 Å². The zero-order chi connectivity index (χ0) is 18.2. The zero-order valence-electron chi connectivity index (χ0n) is 13.0. The molecule has 0 radical (unpaired) electrons. The minimum Gasteiger partial charge on any atom is -0.489 e. The van der Waals surface area contributed by atoms with Crippen molar-refractivity contribution in [3.63, 3.8) is 0 Å². The number of fused-ring (bicyclic) bond motifs is 1. The molecule has 3 nitrogen and oxygen atoms in total. The third kappa shape index (κ3) is 3.22. The van der Waals surface area contributed by atoms with Crippen molar-refractivity contribution in [3.05, 3.63) is 70.5 Å². The van der Waals surface area contributed by atoms with E-state index in [1.165, 1.54) is 31.4 Å². The van der Waals surface area contributed by atoms with E-state index >= 15 is 0 Å². The number of benzene rings is 2. The number of carbonyl (C=O) groups excluding carboxylic acids is 1. The number of ether oxygens (including phenoxy) is 2. The predicted molar refractivity (Wildman–Crippen MR) is 81.8 cm³/mol. The van der Waals surface area contributed by atoms with Gasteiger partial charge in [-0.1, -0.05) is 0 Å². The Balaban J connectivity index is 2.14. The fourth-order valence-electron chi connectivity index (χ4n) is 2.60. The van der Waals surface area contributed by atoms with Crippen LogP contribution in [0.25, 0.3) is 5.57 Å². The summed E-state index contributed by atoms with van der Waals surface area (Å²) in [6.07, 6.45) is -3.12. The summed E-state index contributed by atoms with van der Waals surface area (Å²) in [5.41, 5.74) is -0.420. The molecular formula is C18H12F4O3. The van der Waals surface area contributed by atoms with Gasteiger partial charge in [0.1, 0.15) is 18.2 Å². The first-order chi connectivity index (χ1) is 11.8. The maximum atomic E-state index is 14.2. The van der Waals surface area contributed by atoms with E-state index in [1.807, 2.05) is 0 Å². The van der Waals surface area contributed by atoms with Crippen LogP contribution in [0.5, 0.6) is 5.75 Å². The van der Waals surface area contributed by atoms with Crippen LogP contribution < -0.4 is 4.74 Å². The topological polar surface area (TPSA) is 35.5 Å². The molecule has 2 aromatic carbocycles. The summed E-state index contributed by atoms with van der Waals surface area (Å²) in [4.78, 5) is 11.7. The third-order valence-electron chi connectivity index (χ3n) is 3.80. The lowest BCUT2D eigenvalue weighted by atomic mass is 9.92. The van der Waals surface area contributed by atoms with E-state index in [2.05, 4.69) is 4.74 Å². The van der Waals surface area contributed by atoms with Gasteiger partial charge < -0.3 is 9.47 Å². The van der Waals surface area contributed by atoms with E-state index in [-0.39, 0.29) is 23.3 Å². The number of hydrogen-bond donors (Lipinski definition) is 0. The van der Waals surface area contributed by atoms with Gasteiger partial charge in [-0.3, -0.25) is 0 Å². The molecule has 1 aliphatic heterocycles. The zero-order valence-corrected chi connectivity index (χ0v) is 13.0. The Bertz CT molecular complexity index is 869. The van der Waals surface area contributed by atoms with Gasteiger partial charge in [-0.2, -0.15) is 13.2 Å². The lowest BCUT2D eigenvalue weighted by Gasteiger charge is -2.20. The summed E-state index contributed by atoms with van der Waals surface area (Å²) in [6.45, 7) is 0.0790. The molecule has 0 spiro atoms. The van der Waals surface area contributed by atoms with Crippen LogP contribution >= 0.6 is 0 Å². The molecule has 25 heavy (non-hydrogen) atoms. The number of halogens is 4. The van der Waals surface area contributed by atoms with Crippen LogP contribution in [0.2, 0.25) is 0 Å². The molecule has 1 aliphatic rings. The monoisotopic (exact) mass is 352 g/mol. The van der Waals surface area contributed by atoms with Gasteiger partial charge in [0.05, 0.1) is 18.2 Å². The van der Waals surface area contributed by atoms with Crippen LogP contribution in [0, 0.1) is 5.82 Å². The standard InChI is InChI=1S/C18H12F4O3/c1-24-17(23)10-2-5-16-14(8-10)12(6-7-25-16)13-9-11(18(20,21)22)3-4-15(13)19/h2-6,8-9H,7H2,1H3. The van der Waals surface area contributed by atoms with Crippen LogP contribution in [0.15, 0.2) is 42.5 Å². The first-order valence-electron chi connectivity index (χ1n) is 7.24. The van der Waals surface area contributed by atoms with Crippen molar-refractivity contribution in [2.75, 3.05) is 13.7 Å². The molecule has 0 aliphatic carbocycles. The Labute approximate surface area is 140 Å². The van der Waals surface area contributed by atoms with Gasteiger partial charge in [0.15, 0.2) is 0 Å². The van der Waals surface area contributed by atoms with E-state index in [4.69, 9.17) is 4.74 Å². The molecular weight excluding hydrogens is 340 g/mol. The Kier molecular flexibility index (Phi) is 4.24. The summed E-state index contributed by atoms with van der Waals surface area (Å²) < 4.78 is 63.1. The van der Waals surface area contributed by atoms with E-state index < -0.39 is 23.5 Å². The Hall–Kier alpha value is -2.83. The minimum absolute atomic E-state index is 0.0790. The summed E-state index contributed by atoms with van der Waals surface area (Å²) in [5, 5.41) is 0. The Morgan fingerprint density at radius 3 is 2.56 bits per heavy atom. The average molecular weight is 352 g/mol. The predicted octanol–water partition coefficient (Wildman–Crippen LogP) is 4.46. The van der Waals surface area contributed by atoms with Crippen molar-refractivity contribution < 1.29 is 31.8 Å². The van der Waals surface area contributed by atoms with Gasteiger partial charge in [0.25, 0.3) is 0 Å². The SMILES string of the molecule is COC(=O)c1ccc2c(c1)C(c1cc(C(F)(F)F)ccc1F)=CCO2. The summed E-state index contributed by atoms with van der Waals surface area (Å²) in [5.74, 6) is -1.06. The van der Waals surface area contributed by atoms with Crippen LogP contribution in [0.4, 0.5) is 17.6 Å². The summed E-state index contributed by atoms with van der Waals surface area (Å²) in [7, 11) is 1.21. The van der Waals surface area contributed by atoms with E-state index in [9.17, 15) is 22.4 Å². The first kappa shape index (κ1) is 17.0. The molecule has 0 N–H and O–H groups in total. The van der Waals surface area contributed by atoms with Crippen molar-refractivity contribution in [1.29, 1.82) is 0 Å². The lowest BCUT2D eigenvalue weighted by Crippen LogP contribution is -2.11. The second-order valence-electron chi connectivity index (χ2n) is 5.32. The fraction of sp³-hybridized carbons (Fsp3) is 0.167. The van der Waals surface area contributed by atoms with Crippen molar-refractivity contribution in [1.82, 2.24) is 0 Å². The lowest BCUT2D eigenvalue weighted by molar-refractivity contribution is -0.137. The molecule has 0 bridgehead atoms. The van der Waals surface area contributed by atoms with Crippen molar-refractivity contribution in [3.8, 4) is 5.75 Å². The highest BCUT2D eigenvalue weighted by molar-refractivity contribution is 5.93. The normalized spacial score (nSPS) is 13.6. The molecule has 0 amide bonds. The molecule has 0 saturated heterocycles. The molecule has 0 atom stereocenters. The minimum atomic E-state index is -4.59. The maximum Gasteiger partial charge on any atom is 0.416 e. The van der Waals surface area contributed by atoms with Gasteiger partial charge in [0, 0.05) is 11.1 Å². The molecule has 0 unspecified atom stereocenters. The van der Waals surface area contributed by atoms with Gasteiger partial charge in [-0.15, -0.1) is 0 Å². The molecule has 2 aromatic rings. The van der Waals surface area contributed by atoms with Crippen LogP contribution in [-0.2, 0) is 10.9 Å². The number of carbonyl (C=O) groups is 1.